The monoisotopic (exact) mass is 218 g/mol. The average Bonchev–Trinajstić information content (AvgIpc) is 2.52. The SMILES string of the molecule is CCSCCCSc1nnnn1C. The van der Waals surface area contributed by atoms with E-state index >= 15 is 0 Å². The van der Waals surface area contributed by atoms with Gasteiger partial charge in [0, 0.05) is 12.8 Å². The number of rotatable bonds is 6. The van der Waals surface area contributed by atoms with E-state index in [9.17, 15) is 0 Å². The maximum absolute atomic E-state index is 3.89. The van der Waals surface area contributed by atoms with Gasteiger partial charge in [0.2, 0.25) is 5.16 Å². The summed E-state index contributed by atoms with van der Waals surface area (Å²) in [4.78, 5) is 0. The number of hydrogen-bond acceptors (Lipinski definition) is 5. The van der Waals surface area contributed by atoms with Crippen LogP contribution in [0.2, 0.25) is 0 Å². The van der Waals surface area contributed by atoms with Crippen molar-refractivity contribution >= 4 is 23.5 Å². The summed E-state index contributed by atoms with van der Waals surface area (Å²) >= 11 is 3.70. The predicted octanol–water partition coefficient (Wildman–Crippen LogP) is 1.45. The standard InChI is InChI=1S/C7H14N4S2/c1-3-12-5-4-6-13-7-8-9-10-11(7)2/h3-6H2,1-2H3. The molecule has 0 N–H and O–H groups in total. The molecule has 74 valence electrons. The minimum Gasteiger partial charge on any atom is -0.224 e. The Bertz CT molecular complexity index is 238. The van der Waals surface area contributed by atoms with Crippen molar-refractivity contribution < 1.29 is 0 Å². The van der Waals surface area contributed by atoms with Crippen molar-refractivity contribution in [1.29, 1.82) is 0 Å². The maximum Gasteiger partial charge on any atom is 0.209 e. The summed E-state index contributed by atoms with van der Waals surface area (Å²) in [6, 6.07) is 0. The van der Waals surface area contributed by atoms with Crippen molar-refractivity contribution in [3.63, 3.8) is 0 Å². The molecule has 1 aromatic rings. The van der Waals surface area contributed by atoms with Gasteiger partial charge in [-0.2, -0.15) is 11.8 Å². The Morgan fingerprint density at radius 3 is 2.85 bits per heavy atom. The molecular formula is C7H14N4S2. The topological polar surface area (TPSA) is 43.6 Å². The van der Waals surface area contributed by atoms with Gasteiger partial charge in [-0.05, 0) is 28.4 Å². The summed E-state index contributed by atoms with van der Waals surface area (Å²) in [7, 11) is 1.86. The van der Waals surface area contributed by atoms with Crippen LogP contribution in [0, 0.1) is 0 Å². The number of aryl methyl sites for hydroxylation is 1. The molecule has 0 saturated carbocycles. The number of thioether (sulfide) groups is 2. The van der Waals surface area contributed by atoms with Crippen LogP contribution in [-0.4, -0.2) is 37.5 Å². The fourth-order valence-electron chi connectivity index (χ4n) is 0.812. The van der Waals surface area contributed by atoms with Crippen LogP contribution in [0.4, 0.5) is 0 Å². The zero-order chi connectivity index (χ0) is 9.52. The first-order valence-corrected chi connectivity index (χ1v) is 6.41. The normalized spacial score (nSPS) is 10.6. The molecule has 0 bridgehead atoms. The third kappa shape index (κ3) is 3.99. The molecule has 1 aromatic heterocycles. The largest absolute Gasteiger partial charge is 0.224 e. The molecule has 0 unspecified atom stereocenters. The molecule has 1 rings (SSSR count). The van der Waals surface area contributed by atoms with E-state index in [2.05, 4.69) is 22.4 Å². The molecule has 0 fully saturated rings. The predicted molar refractivity (Wildman–Crippen MR) is 57.1 cm³/mol. The summed E-state index contributed by atoms with van der Waals surface area (Å²) < 4.78 is 1.71. The van der Waals surface area contributed by atoms with E-state index in [0.29, 0.717) is 0 Å². The molecule has 0 aliphatic carbocycles. The van der Waals surface area contributed by atoms with Crippen LogP contribution in [0.3, 0.4) is 0 Å². The summed E-state index contributed by atoms with van der Waals surface area (Å²) in [6.45, 7) is 2.18. The second kappa shape index (κ2) is 6.26. The van der Waals surface area contributed by atoms with Gasteiger partial charge in [-0.25, -0.2) is 4.68 Å². The van der Waals surface area contributed by atoms with E-state index in [1.165, 1.54) is 17.9 Å². The highest BCUT2D eigenvalue weighted by molar-refractivity contribution is 8.00. The summed E-state index contributed by atoms with van der Waals surface area (Å²) in [6.07, 6.45) is 1.22. The average molecular weight is 218 g/mol. The lowest BCUT2D eigenvalue weighted by atomic mass is 10.6. The van der Waals surface area contributed by atoms with Crippen LogP contribution in [-0.2, 0) is 7.05 Å². The molecule has 4 nitrogen and oxygen atoms in total. The lowest BCUT2D eigenvalue weighted by Gasteiger charge is -1.98. The minimum atomic E-state index is 0.904. The van der Waals surface area contributed by atoms with Crippen LogP contribution >= 0.6 is 23.5 Å². The lowest BCUT2D eigenvalue weighted by Crippen LogP contribution is -1.94. The molecular weight excluding hydrogens is 204 g/mol. The molecule has 0 aliphatic heterocycles. The second-order valence-electron chi connectivity index (χ2n) is 2.48. The van der Waals surface area contributed by atoms with Gasteiger partial charge in [-0.1, -0.05) is 18.7 Å². The lowest BCUT2D eigenvalue weighted by molar-refractivity contribution is 0.664. The zero-order valence-electron chi connectivity index (χ0n) is 7.93. The van der Waals surface area contributed by atoms with E-state index in [1.807, 2.05) is 18.8 Å². The molecule has 6 heteroatoms. The number of aromatic nitrogens is 4. The van der Waals surface area contributed by atoms with Crippen LogP contribution in [0.1, 0.15) is 13.3 Å². The highest BCUT2D eigenvalue weighted by Crippen LogP contribution is 2.14. The van der Waals surface area contributed by atoms with Gasteiger partial charge in [-0.3, -0.25) is 0 Å². The highest BCUT2D eigenvalue weighted by Gasteiger charge is 2.01. The second-order valence-corrected chi connectivity index (χ2v) is 4.94. The van der Waals surface area contributed by atoms with Gasteiger partial charge < -0.3 is 0 Å². The van der Waals surface area contributed by atoms with Gasteiger partial charge in [0.05, 0.1) is 0 Å². The van der Waals surface area contributed by atoms with Crippen molar-refractivity contribution in [3.8, 4) is 0 Å². The van der Waals surface area contributed by atoms with Crippen LogP contribution in [0.5, 0.6) is 0 Å². The maximum atomic E-state index is 3.89. The summed E-state index contributed by atoms with van der Waals surface area (Å²) in [5.74, 6) is 3.53. The minimum absolute atomic E-state index is 0.904. The third-order valence-corrected chi connectivity index (χ3v) is 3.53. The fraction of sp³-hybridized carbons (Fsp3) is 0.857. The molecule has 0 saturated heterocycles. The van der Waals surface area contributed by atoms with Crippen molar-refractivity contribution in [2.75, 3.05) is 17.3 Å². The van der Waals surface area contributed by atoms with Crippen molar-refractivity contribution in [3.05, 3.63) is 0 Å². The highest BCUT2D eigenvalue weighted by atomic mass is 32.2. The molecule has 0 atom stereocenters. The van der Waals surface area contributed by atoms with Crippen molar-refractivity contribution in [2.45, 2.75) is 18.5 Å². The van der Waals surface area contributed by atoms with Gasteiger partial charge in [0.1, 0.15) is 0 Å². The van der Waals surface area contributed by atoms with Crippen LogP contribution in [0.25, 0.3) is 0 Å². The molecule has 13 heavy (non-hydrogen) atoms. The smallest absolute Gasteiger partial charge is 0.209 e. The number of hydrogen-bond donors (Lipinski definition) is 0. The molecule has 0 radical (unpaired) electrons. The first-order chi connectivity index (χ1) is 6.34. The molecule has 1 heterocycles. The summed E-state index contributed by atoms with van der Waals surface area (Å²) in [5, 5.41) is 12.1. The van der Waals surface area contributed by atoms with E-state index in [1.54, 1.807) is 16.4 Å². The van der Waals surface area contributed by atoms with Gasteiger partial charge in [0.25, 0.3) is 0 Å². The van der Waals surface area contributed by atoms with E-state index in [-0.39, 0.29) is 0 Å². The molecule has 0 amide bonds. The number of tetrazole rings is 1. The Kier molecular flexibility index (Phi) is 5.22. The van der Waals surface area contributed by atoms with Gasteiger partial charge in [-0.15, -0.1) is 5.10 Å². The Balaban J connectivity index is 2.10. The Labute approximate surface area is 86.9 Å². The quantitative estimate of drug-likeness (QED) is 0.534. The first kappa shape index (κ1) is 10.8. The van der Waals surface area contributed by atoms with E-state index < -0.39 is 0 Å². The zero-order valence-corrected chi connectivity index (χ0v) is 9.57. The van der Waals surface area contributed by atoms with E-state index in [0.717, 1.165) is 10.9 Å². The first-order valence-electron chi connectivity index (χ1n) is 4.27. The molecule has 0 spiro atoms. The van der Waals surface area contributed by atoms with Crippen molar-refractivity contribution in [2.24, 2.45) is 7.05 Å². The molecule has 0 aromatic carbocycles. The van der Waals surface area contributed by atoms with Crippen LogP contribution in [0.15, 0.2) is 5.16 Å². The third-order valence-electron chi connectivity index (χ3n) is 1.45. The van der Waals surface area contributed by atoms with Crippen LogP contribution < -0.4 is 0 Å². The Hall–Kier alpha value is -0.230. The summed E-state index contributed by atoms with van der Waals surface area (Å²) in [5.41, 5.74) is 0. The molecule has 0 aliphatic rings. The van der Waals surface area contributed by atoms with Gasteiger partial charge in [0.15, 0.2) is 0 Å². The fourth-order valence-corrected chi connectivity index (χ4v) is 2.42. The van der Waals surface area contributed by atoms with Gasteiger partial charge >= 0.3 is 0 Å². The Morgan fingerprint density at radius 2 is 2.23 bits per heavy atom. The van der Waals surface area contributed by atoms with Crippen molar-refractivity contribution in [1.82, 2.24) is 20.2 Å². The Morgan fingerprint density at radius 1 is 1.38 bits per heavy atom. The number of nitrogens with zero attached hydrogens (tertiary/aromatic N) is 4. The van der Waals surface area contributed by atoms with E-state index in [4.69, 9.17) is 0 Å².